The Hall–Kier alpha value is -4.58. The number of nitrogens with zero attached hydrogens (tertiary/aromatic N) is 4. The van der Waals surface area contributed by atoms with Gasteiger partial charge in [-0.15, -0.1) is 11.3 Å². The number of hydrogen-bond acceptors (Lipinski definition) is 9. The number of halogens is 1. The van der Waals surface area contributed by atoms with E-state index in [9.17, 15) is 5.26 Å². The molecule has 0 N–H and O–H groups in total. The lowest BCUT2D eigenvalue weighted by molar-refractivity contribution is -0.191. The van der Waals surface area contributed by atoms with Gasteiger partial charge in [0.2, 0.25) is 0 Å². The van der Waals surface area contributed by atoms with Crippen LogP contribution in [0.1, 0.15) is 47.6 Å². The van der Waals surface area contributed by atoms with Crippen LogP contribution in [0.5, 0.6) is 11.5 Å². The molecule has 1 aliphatic rings. The Bertz CT molecular complexity index is 1880. The van der Waals surface area contributed by atoms with Gasteiger partial charge >= 0.3 is 6.15 Å². The van der Waals surface area contributed by atoms with Gasteiger partial charge in [0.15, 0.2) is 0 Å². The van der Waals surface area contributed by atoms with Crippen LogP contribution in [0.3, 0.4) is 0 Å². The van der Waals surface area contributed by atoms with E-state index in [1.807, 2.05) is 17.6 Å². The molecule has 1 aliphatic heterocycles. The van der Waals surface area contributed by atoms with Crippen molar-refractivity contribution in [1.29, 1.82) is 5.26 Å². The summed E-state index contributed by atoms with van der Waals surface area (Å²) in [5.74, 6) is 1.29. The van der Waals surface area contributed by atoms with E-state index in [0.29, 0.717) is 29.0 Å². The number of pyridine rings is 1. The molecule has 0 aliphatic carbocycles. The van der Waals surface area contributed by atoms with Crippen LogP contribution in [0.15, 0.2) is 72.5 Å². The van der Waals surface area contributed by atoms with E-state index in [2.05, 4.69) is 71.2 Å². The third kappa shape index (κ3) is 7.75. The zero-order valence-electron chi connectivity index (χ0n) is 25.0. The molecular formula is C35H31ClN4O4S. The van der Waals surface area contributed by atoms with E-state index in [1.54, 1.807) is 29.8 Å². The summed E-state index contributed by atoms with van der Waals surface area (Å²) < 4.78 is 13.8. The van der Waals surface area contributed by atoms with Crippen molar-refractivity contribution in [3.63, 3.8) is 0 Å². The highest BCUT2D eigenvalue weighted by Gasteiger charge is 2.23. The second-order valence-electron chi connectivity index (χ2n) is 10.8. The van der Waals surface area contributed by atoms with Gasteiger partial charge in [0, 0.05) is 42.2 Å². The molecule has 0 amide bonds. The molecule has 5 aromatic rings. The average molecular weight is 639 g/mol. The van der Waals surface area contributed by atoms with Crippen LogP contribution >= 0.6 is 22.9 Å². The summed E-state index contributed by atoms with van der Waals surface area (Å²) in [6.45, 7) is 6.84. The van der Waals surface area contributed by atoms with E-state index >= 15 is 0 Å². The number of carbonyl (C=O) groups excluding carboxylic acids is 2. The van der Waals surface area contributed by atoms with Gasteiger partial charge < -0.3 is 9.47 Å². The largest absolute Gasteiger partial charge is 0.488 e. The van der Waals surface area contributed by atoms with Crippen LogP contribution in [0.2, 0.25) is 5.02 Å². The number of fused-ring (bicyclic) bond motifs is 1. The van der Waals surface area contributed by atoms with Crippen molar-refractivity contribution in [3.8, 4) is 28.7 Å². The van der Waals surface area contributed by atoms with Crippen molar-refractivity contribution in [1.82, 2.24) is 14.9 Å². The Morgan fingerprint density at radius 3 is 2.64 bits per heavy atom. The minimum absolute atomic E-state index is 0.250. The maximum atomic E-state index is 9.26. The Morgan fingerprint density at radius 2 is 1.87 bits per heavy atom. The molecule has 3 heterocycles. The lowest BCUT2D eigenvalue weighted by Crippen LogP contribution is -2.26. The highest BCUT2D eigenvalue weighted by atomic mass is 35.5. The summed E-state index contributed by atoms with van der Waals surface area (Å²) in [6.07, 6.45) is 5.90. The third-order valence-corrected chi connectivity index (χ3v) is 9.07. The number of nitriles is 1. The fourth-order valence-corrected chi connectivity index (χ4v) is 6.41. The first-order valence-corrected chi connectivity index (χ1v) is 15.7. The first-order valence-electron chi connectivity index (χ1n) is 14.5. The molecule has 10 heteroatoms. The van der Waals surface area contributed by atoms with Crippen molar-refractivity contribution >= 4 is 39.3 Å². The number of aromatic nitrogens is 2. The maximum absolute atomic E-state index is 9.26. The summed E-state index contributed by atoms with van der Waals surface area (Å²) in [5.41, 5.74) is 9.77. The Morgan fingerprint density at radius 1 is 1.04 bits per heavy atom. The van der Waals surface area contributed by atoms with Gasteiger partial charge in [-0.2, -0.15) is 14.9 Å². The fourth-order valence-electron chi connectivity index (χ4n) is 5.51. The van der Waals surface area contributed by atoms with E-state index in [1.165, 1.54) is 17.5 Å². The molecule has 0 radical (unpaired) electrons. The van der Waals surface area contributed by atoms with Gasteiger partial charge in [0.05, 0.1) is 26.3 Å². The standard InChI is InChI=1S/C34H31ClN4O2S.CO2/c1-22-5-4-10-39(22)18-28-12-30(35)33(14-32(28)40-19-25-11-24(15-36)16-37-17-25)41-20-27-6-3-7-29(23(27)2)26-8-9-34-31(13-26)38-21-42-34;2-1-3/h3,6-9,11-14,16-17,21-22H,4-5,10,18-20H2,1-2H3;/t22-;/m0./s1. The van der Waals surface area contributed by atoms with Gasteiger partial charge in [-0.1, -0.05) is 35.9 Å². The van der Waals surface area contributed by atoms with Crippen molar-refractivity contribution in [3.05, 3.63) is 105 Å². The molecule has 1 atom stereocenters. The monoisotopic (exact) mass is 638 g/mol. The van der Waals surface area contributed by atoms with Gasteiger partial charge in [-0.25, -0.2) is 4.98 Å². The summed E-state index contributed by atoms with van der Waals surface area (Å²) in [5, 5.41) is 9.82. The summed E-state index contributed by atoms with van der Waals surface area (Å²) in [6, 6.07) is 21.0. The molecule has 0 bridgehead atoms. The smallest absolute Gasteiger partial charge is 0.373 e. The Labute approximate surface area is 270 Å². The zero-order chi connectivity index (χ0) is 31.8. The van der Waals surface area contributed by atoms with Gasteiger partial charge in [-0.3, -0.25) is 9.88 Å². The van der Waals surface area contributed by atoms with E-state index in [4.69, 9.17) is 30.7 Å². The predicted molar refractivity (Wildman–Crippen MR) is 173 cm³/mol. The number of likely N-dealkylation sites (tertiary alicyclic amines) is 1. The first kappa shape index (κ1) is 31.8. The predicted octanol–water partition coefficient (Wildman–Crippen LogP) is 7.75. The van der Waals surface area contributed by atoms with Crippen molar-refractivity contribution in [2.75, 3.05) is 6.54 Å². The second-order valence-corrected chi connectivity index (χ2v) is 12.1. The molecule has 1 saturated heterocycles. The molecule has 3 aromatic carbocycles. The van der Waals surface area contributed by atoms with Crippen LogP contribution in [-0.2, 0) is 29.3 Å². The number of benzene rings is 3. The van der Waals surface area contributed by atoms with E-state index < -0.39 is 0 Å². The lowest BCUT2D eigenvalue weighted by Gasteiger charge is -2.23. The van der Waals surface area contributed by atoms with Gasteiger partial charge in [0.25, 0.3) is 0 Å². The minimum atomic E-state index is 0.250. The summed E-state index contributed by atoms with van der Waals surface area (Å²) in [4.78, 5) is 27.4. The average Bonchev–Trinajstić information content (AvgIpc) is 3.69. The normalized spacial score (nSPS) is 14.3. The Balaban J connectivity index is 0.00000128. The van der Waals surface area contributed by atoms with Crippen LogP contribution < -0.4 is 9.47 Å². The molecule has 1 fully saturated rings. The highest BCUT2D eigenvalue weighted by molar-refractivity contribution is 7.16. The molecular weight excluding hydrogens is 608 g/mol. The first-order chi connectivity index (χ1) is 21.9. The van der Waals surface area contributed by atoms with Crippen LogP contribution in [-0.4, -0.2) is 33.6 Å². The van der Waals surface area contributed by atoms with Crippen molar-refractivity contribution < 1.29 is 19.1 Å². The van der Waals surface area contributed by atoms with E-state index in [0.717, 1.165) is 57.7 Å². The maximum Gasteiger partial charge on any atom is 0.373 e. The fraction of sp³-hybridized carbons (Fsp3) is 0.257. The van der Waals surface area contributed by atoms with Gasteiger partial charge in [-0.05, 0) is 79.8 Å². The zero-order valence-corrected chi connectivity index (χ0v) is 26.5. The molecule has 2 aromatic heterocycles. The molecule has 8 nitrogen and oxygen atoms in total. The lowest BCUT2D eigenvalue weighted by atomic mass is 9.96. The molecule has 228 valence electrons. The SMILES string of the molecule is Cc1c(COc2cc(OCc3cncc(C#N)c3)c(CN3CCC[C@@H]3C)cc2Cl)cccc1-c1ccc2scnc2c1.O=C=O. The molecule has 0 unspecified atom stereocenters. The van der Waals surface area contributed by atoms with Crippen LogP contribution in [0.4, 0.5) is 0 Å². The van der Waals surface area contributed by atoms with E-state index in [-0.39, 0.29) is 12.8 Å². The number of thiazole rings is 1. The third-order valence-electron chi connectivity index (χ3n) is 7.97. The van der Waals surface area contributed by atoms with Crippen LogP contribution in [0, 0.1) is 18.3 Å². The Kier molecular flexibility index (Phi) is 10.6. The number of rotatable bonds is 9. The summed E-state index contributed by atoms with van der Waals surface area (Å²) >= 11 is 8.45. The number of ether oxygens (including phenoxy) is 2. The highest BCUT2D eigenvalue weighted by Crippen LogP contribution is 2.36. The molecule has 0 saturated carbocycles. The second kappa shape index (κ2) is 14.9. The minimum Gasteiger partial charge on any atom is -0.488 e. The quantitative estimate of drug-likeness (QED) is 0.161. The van der Waals surface area contributed by atoms with Crippen molar-refractivity contribution in [2.24, 2.45) is 0 Å². The number of hydrogen-bond donors (Lipinski definition) is 0. The van der Waals surface area contributed by atoms with Crippen LogP contribution in [0.25, 0.3) is 21.3 Å². The molecule has 45 heavy (non-hydrogen) atoms. The topological polar surface area (TPSA) is 105 Å². The molecule has 0 spiro atoms. The van der Waals surface area contributed by atoms with Gasteiger partial charge in [0.1, 0.15) is 30.8 Å². The molecule has 6 rings (SSSR count). The summed E-state index contributed by atoms with van der Waals surface area (Å²) in [7, 11) is 0. The van der Waals surface area contributed by atoms with Crippen molar-refractivity contribution in [2.45, 2.75) is 52.5 Å².